The van der Waals surface area contributed by atoms with Crippen LogP contribution in [0.15, 0.2) is 12.7 Å². The molecule has 1 aliphatic heterocycles. The van der Waals surface area contributed by atoms with E-state index in [4.69, 9.17) is 14.6 Å². The molecule has 2 aromatic heterocycles. The van der Waals surface area contributed by atoms with Crippen LogP contribution in [0.3, 0.4) is 0 Å². The van der Waals surface area contributed by atoms with Crippen molar-refractivity contribution < 1.29 is 24.8 Å². The Bertz CT molecular complexity index is 650. The number of fused-ring (bicyclic) bond motifs is 1. The molecule has 10 nitrogen and oxygen atoms in total. The highest BCUT2D eigenvalue weighted by Crippen LogP contribution is 2.31. The summed E-state index contributed by atoms with van der Waals surface area (Å²) in [7, 11) is 1.54. The fraction of sp³-hybridized carbons (Fsp3) is 0.583. The molecule has 3 rings (SSSR count). The van der Waals surface area contributed by atoms with Crippen LogP contribution < -0.4 is 5.32 Å². The number of anilines is 1. The van der Waals surface area contributed by atoms with Crippen LogP contribution in [0.2, 0.25) is 0 Å². The number of nitrogens with zero attached hydrogens (tertiary/aromatic N) is 4. The standard InChI is InChI=1S/C12H17N5O5/c1-21-5-16-10-7-11(14-3-13-10)17(4-15-7)12-9(20)8(19)6(2-18)22-12/h3-4,6,8-9,12,18-20H,2,5H2,1H3,(H,13,14,16)/t6-,8-,9-,12-/m1/s1. The van der Waals surface area contributed by atoms with Crippen molar-refractivity contribution in [2.75, 3.05) is 25.8 Å². The van der Waals surface area contributed by atoms with Crippen LogP contribution in [0.25, 0.3) is 11.2 Å². The highest BCUT2D eigenvalue weighted by Gasteiger charge is 2.43. The molecule has 1 aliphatic rings. The Morgan fingerprint density at radius 3 is 2.82 bits per heavy atom. The van der Waals surface area contributed by atoms with Crippen molar-refractivity contribution in [1.29, 1.82) is 0 Å². The molecule has 0 amide bonds. The van der Waals surface area contributed by atoms with Crippen molar-refractivity contribution in [2.45, 2.75) is 24.5 Å². The van der Waals surface area contributed by atoms with E-state index in [1.807, 2.05) is 0 Å². The number of hydrogen-bond donors (Lipinski definition) is 4. The van der Waals surface area contributed by atoms with Crippen molar-refractivity contribution in [1.82, 2.24) is 19.5 Å². The van der Waals surface area contributed by atoms with E-state index < -0.39 is 31.1 Å². The number of methoxy groups -OCH3 is 1. The van der Waals surface area contributed by atoms with Gasteiger partial charge in [0.15, 0.2) is 23.2 Å². The molecule has 0 spiro atoms. The predicted octanol–water partition coefficient (Wildman–Crippen LogP) is -1.55. The fourth-order valence-corrected chi connectivity index (χ4v) is 2.42. The van der Waals surface area contributed by atoms with Gasteiger partial charge in [0.05, 0.1) is 12.9 Å². The maximum absolute atomic E-state index is 10.1. The summed E-state index contributed by atoms with van der Waals surface area (Å²) in [6.45, 7) is -0.135. The van der Waals surface area contributed by atoms with Crippen LogP contribution >= 0.6 is 0 Å². The molecular weight excluding hydrogens is 294 g/mol. The zero-order valence-corrected chi connectivity index (χ0v) is 11.8. The molecule has 1 fully saturated rings. The number of rotatable bonds is 5. The summed E-state index contributed by atoms with van der Waals surface area (Å²) in [6.07, 6.45) is -1.33. The second-order valence-corrected chi connectivity index (χ2v) is 4.88. The summed E-state index contributed by atoms with van der Waals surface area (Å²) in [4.78, 5) is 12.4. The van der Waals surface area contributed by atoms with Gasteiger partial charge in [-0.3, -0.25) is 4.57 Å². The zero-order chi connectivity index (χ0) is 15.7. The van der Waals surface area contributed by atoms with Gasteiger partial charge in [0.25, 0.3) is 0 Å². The topological polar surface area (TPSA) is 135 Å². The maximum Gasteiger partial charge on any atom is 0.167 e. The molecule has 10 heteroatoms. The Hall–Kier alpha value is -1.85. The van der Waals surface area contributed by atoms with Gasteiger partial charge in [-0.2, -0.15) is 0 Å². The van der Waals surface area contributed by atoms with Gasteiger partial charge in [-0.05, 0) is 0 Å². The monoisotopic (exact) mass is 311 g/mol. The average Bonchev–Trinajstić information content (AvgIpc) is 3.08. The number of imidazole rings is 1. The zero-order valence-electron chi connectivity index (χ0n) is 11.8. The van der Waals surface area contributed by atoms with Crippen LogP contribution in [-0.4, -0.2) is 73.6 Å². The Balaban J connectivity index is 1.95. The molecule has 0 aliphatic carbocycles. The highest BCUT2D eigenvalue weighted by atomic mass is 16.6. The van der Waals surface area contributed by atoms with E-state index in [0.717, 1.165) is 0 Å². The molecular formula is C12H17N5O5. The quantitative estimate of drug-likeness (QED) is 0.484. The lowest BCUT2D eigenvalue weighted by Crippen LogP contribution is -2.33. The molecule has 22 heavy (non-hydrogen) atoms. The lowest BCUT2D eigenvalue weighted by Gasteiger charge is -2.16. The minimum atomic E-state index is -1.19. The Morgan fingerprint density at radius 2 is 2.14 bits per heavy atom. The fourth-order valence-electron chi connectivity index (χ4n) is 2.42. The molecule has 120 valence electrons. The molecule has 4 N–H and O–H groups in total. The maximum atomic E-state index is 10.1. The van der Waals surface area contributed by atoms with Gasteiger partial charge in [-0.15, -0.1) is 0 Å². The molecule has 4 atom stereocenters. The predicted molar refractivity (Wildman–Crippen MR) is 73.8 cm³/mol. The lowest BCUT2D eigenvalue weighted by molar-refractivity contribution is -0.0511. The first-order valence-corrected chi connectivity index (χ1v) is 6.70. The summed E-state index contributed by atoms with van der Waals surface area (Å²) in [5.74, 6) is 0.484. The molecule has 0 saturated carbocycles. The van der Waals surface area contributed by atoms with Crippen molar-refractivity contribution in [3.05, 3.63) is 12.7 Å². The number of ether oxygens (including phenoxy) is 2. The summed E-state index contributed by atoms with van der Waals surface area (Å²) < 4.78 is 11.9. The van der Waals surface area contributed by atoms with E-state index in [1.165, 1.54) is 17.2 Å². The third-order valence-electron chi connectivity index (χ3n) is 3.53. The van der Waals surface area contributed by atoms with Crippen molar-refractivity contribution >= 4 is 17.0 Å². The van der Waals surface area contributed by atoms with Gasteiger partial charge in [0.2, 0.25) is 0 Å². The van der Waals surface area contributed by atoms with E-state index in [1.54, 1.807) is 7.11 Å². The van der Waals surface area contributed by atoms with Gasteiger partial charge < -0.3 is 30.1 Å². The second-order valence-electron chi connectivity index (χ2n) is 4.88. The van der Waals surface area contributed by atoms with Crippen LogP contribution in [0.5, 0.6) is 0 Å². The van der Waals surface area contributed by atoms with E-state index in [-0.39, 0.29) is 6.73 Å². The Kier molecular flexibility index (Phi) is 4.18. The largest absolute Gasteiger partial charge is 0.394 e. The number of hydrogen-bond acceptors (Lipinski definition) is 9. The van der Waals surface area contributed by atoms with Gasteiger partial charge in [0.1, 0.15) is 31.4 Å². The molecule has 0 unspecified atom stereocenters. The molecule has 0 bridgehead atoms. The number of aliphatic hydroxyl groups excluding tert-OH is 3. The second kappa shape index (κ2) is 6.10. The first-order valence-electron chi connectivity index (χ1n) is 6.70. The van der Waals surface area contributed by atoms with Gasteiger partial charge in [-0.1, -0.05) is 0 Å². The van der Waals surface area contributed by atoms with Crippen molar-refractivity contribution in [2.24, 2.45) is 0 Å². The SMILES string of the molecule is COCNc1ncnc2c1ncn2[C@@H]1O[C@H](CO)[C@@H](O)[C@H]1O. The number of nitrogens with one attached hydrogen (secondary N) is 1. The highest BCUT2D eigenvalue weighted by molar-refractivity contribution is 5.82. The molecule has 0 radical (unpaired) electrons. The summed E-state index contributed by atoms with van der Waals surface area (Å²) in [5.41, 5.74) is 0.917. The van der Waals surface area contributed by atoms with E-state index in [2.05, 4.69) is 20.3 Å². The number of aromatic nitrogens is 4. The summed E-state index contributed by atoms with van der Waals surface area (Å²) >= 11 is 0. The minimum Gasteiger partial charge on any atom is -0.394 e. The normalized spacial score (nSPS) is 28.4. The van der Waals surface area contributed by atoms with Crippen LogP contribution in [0.1, 0.15) is 6.23 Å². The molecule has 0 aromatic carbocycles. The summed E-state index contributed by atoms with van der Waals surface area (Å²) in [5, 5.41) is 32.0. The molecule has 3 heterocycles. The Morgan fingerprint density at radius 1 is 1.32 bits per heavy atom. The van der Waals surface area contributed by atoms with E-state index >= 15 is 0 Å². The smallest absolute Gasteiger partial charge is 0.167 e. The summed E-state index contributed by atoms with van der Waals surface area (Å²) in [6, 6.07) is 0. The minimum absolute atomic E-state index is 0.257. The first-order chi connectivity index (χ1) is 10.7. The van der Waals surface area contributed by atoms with Gasteiger partial charge in [-0.25, -0.2) is 15.0 Å². The first kappa shape index (κ1) is 15.1. The lowest BCUT2D eigenvalue weighted by atomic mass is 10.1. The van der Waals surface area contributed by atoms with Crippen LogP contribution in [-0.2, 0) is 9.47 Å². The molecule has 2 aromatic rings. The molecule has 1 saturated heterocycles. The van der Waals surface area contributed by atoms with E-state index in [9.17, 15) is 10.2 Å². The van der Waals surface area contributed by atoms with Crippen LogP contribution in [0, 0.1) is 0 Å². The van der Waals surface area contributed by atoms with Gasteiger partial charge >= 0.3 is 0 Å². The van der Waals surface area contributed by atoms with Crippen molar-refractivity contribution in [3.8, 4) is 0 Å². The average molecular weight is 311 g/mol. The number of aliphatic hydroxyl groups is 3. The van der Waals surface area contributed by atoms with Crippen LogP contribution in [0.4, 0.5) is 5.82 Å². The third-order valence-corrected chi connectivity index (χ3v) is 3.53. The van der Waals surface area contributed by atoms with Crippen molar-refractivity contribution in [3.63, 3.8) is 0 Å². The van der Waals surface area contributed by atoms with Gasteiger partial charge in [0, 0.05) is 7.11 Å². The Labute approximate surface area is 125 Å². The van der Waals surface area contributed by atoms with E-state index in [0.29, 0.717) is 17.0 Å². The third kappa shape index (κ3) is 2.40.